The molecule has 0 aliphatic carbocycles. The van der Waals surface area contributed by atoms with Crippen LogP contribution in [0.3, 0.4) is 0 Å². The molecule has 5 heterocycles. The van der Waals surface area contributed by atoms with Gasteiger partial charge >= 0.3 is 0 Å². The van der Waals surface area contributed by atoms with Crippen LogP contribution in [0.1, 0.15) is 0 Å². The van der Waals surface area contributed by atoms with Crippen LogP contribution in [-0.4, -0.2) is 14.5 Å². The molecule has 8 aromatic carbocycles. The lowest BCUT2D eigenvalue weighted by Gasteiger charge is -2.10. The maximum Gasteiger partial charge on any atom is 0.247 e. The predicted molar refractivity (Wildman–Crippen MR) is 229 cm³/mol. The Balaban J connectivity index is 1.07. The van der Waals surface area contributed by atoms with Gasteiger partial charge in [-0.3, -0.25) is 0 Å². The number of benzene rings is 8. The molecule has 0 amide bonds. The van der Waals surface area contributed by atoms with E-state index in [0.717, 1.165) is 49.7 Å². The first-order valence-electron chi connectivity index (χ1n) is 18.2. The van der Waals surface area contributed by atoms with Crippen LogP contribution in [0, 0.1) is 0 Å². The fourth-order valence-corrected chi connectivity index (χ4v) is 10.4. The van der Waals surface area contributed by atoms with Crippen LogP contribution < -0.4 is 0 Å². The molecule has 13 aromatic rings. The summed E-state index contributed by atoms with van der Waals surface area (Å²) in [6.45, 7) is 0. The zero-order valence-electron chi connectivity index (χ0n) is 28.8. The number of rotatable bonds is 2. The monoisotopic (exact) mass is 741 g/mol. The summed E-state index contributed by atoms with van der Waals surface area (Å²) >= 11 is 8.62. The van der Waals surface area contributed by atoms with Crippen molar-refractivity contribution in [3.63, 3.8) is 0 Å². The van der Waals surface area contributed by atoms with E-state index in [4.69, 9.17) is 25.4 Å². The van der Waals surface area contributed by atoms with Crippen molar-refractivity contribution in [2.24, 2.45) is 0 Å². The van der Waals surface area contributed by atoms with E-state index in [2.05, 4.69) is 119 Å². The lowest BCUT2D eigenvalue weighted by Crippen LogP contribution is -1.94. The molecular weight excluding hydrogens is 718 g/mol. The highest BCUT2D eigenvalue weighted by Gasteiger charge is 2.23. The highest BCUT2D eigenvalue weighted by atomic mass is 35.5. The summed E-state index contributed by atoms with van der Waals surface area (Å²) in [7, 11) is 0. The molecule has 5 aromatic heterocycles. The zero-order chi connectivity index (χ0) is 35.9. The summed E-state index contributed by atoms with van der Waals surface area (Å²) in [5.74, 6) is 0. The van der Waals surface area contributed by atoms with E-state index < -0.39 is 0 Å². The highest BCUT2D eigenvalue weighted by molar-refractivity contribution is 7.27. The molecule has 5 nitrogen and oxygen atoms in total. The van der Waals surface area contributed by atoms with E-state index in [1.54, 1.807) is 0 Å². The first-order valence-corrected chi connectivity index (χ1v) is 19.4. The Morgan fingerprint density at radius 3 is 2.11 bits per heavy atom. The number of furan rings is 2. The van der Waals surface area contributed by atoms with Gasteiger partial charge in [0.15, 0.2) is 5.15 Å². The van der Waals surface area contributed by atoms with Gasteiger partial charge in [0.1, 0.15) is 28.0 Å². The Hall–Kier alpha value is -6.73. The van der Waals surface area contributed by atoms with Crippen molar-refractivity contribution in [1.82, 2.24) is 14.5 Å². The molecule has 0 aliphatic rings. The fraction of sp³-hybridized carbons (Fsp3) is 0. The van der Waals surface area contributed by atoms with E-state index in [-0.39, 0.29) is 5.15 Å². The molecule has 256 valence electrons. The van der Waals surface area contributed by atoms with Gasteiger partial charge in [-0.15, -0.1) is 11.3 Å². The Morgan fingerprint density at radius 1 is 0.527 bits per heavy atom. The van der Waals surface area contributed by atoms with Crippen LogP contribution in [0.5, 0.6) is 0 Å². The number of nitrogens with zero attached hydrogens (tertiary/aromatic N) is 3. The second kappa shape index (κ2) is 10.7. The zero-order valence-corrected chi connectivity index (χ0v) is 30.4. The number of thiophene rings is 1. The lowest BCUT2D eigenvalue weighted by molar-refractivity contribution is 0.653. The van der Waals surface area contributed by atoms with Crippen molar-refractivity contribution in [2.75, 3.05) is 0 Å². The lowest BCUT2D eigenvalue weighted by atomic mass is 9.96. The van der Waals surface area contributed by atoms with Gasteiger partial charge in [0.2, 0.25) is 5.71 Å². The van der Waals surface area contributed by atoms with E-state index in [0.29, 0.717) is 16.9 Å². The molecule has 0 saturated carbocycles. The van der Waals surface area contributed by atoms with Crippen molar-refractivity contribution in [2.45, 2.75) is 0 Å². The van der Waals surface area contributed by atoms with Crippen molar-refractivity contribution in [3.8, 4) is 16.9 Å². The minimum atomic E-state index is 0.281. The third-order valence-corrected chi connectivity index (χ3v) is 12.7. The summed E-state index contributed by atoms with van der Waals surface area (Å²) in [6, 6.07) is 51.5. The summed E-state index contributed by atoms with van der Waals surface area (Å²) in [4.78, 5) is 9.52. The number of hydrogen-bond acceptors (Lipinski definition) is 5. The van der Waals surface area contributed by atoms with Crippen LogP contribution in [-0.2, 0) is 0 Å². The van der Waals surface area contributed by atoms with Crippen LogP contribution >= 0.6 is 22.9 Å². The van der Waals surface area contributed by atoms with Crippen molar-refractivity contribution in [3.05, 3.63) is 151 Å². The Bertz CT molecular complexity index is 3810. The third kappa shape index (κ3) is 3.97. The standard InChI is InChI=1S/C48H24ClN3O2S/c49-47-43(50-44-34-14-6-8-16-36(34)54-48(44)51-47)26-17-20-29-30-21-19-27(24-38(30)53-37(29)23-26)52-35-15-7-5-13-33(35)40-31-11-3-4-12-32(31)42-41-28-10-2-1-9-25(28)18-22-39(41)55-46(42)45(40)52/h1-24H. The molecule has 0 saturated heterocycles. The van der Waals surface area contributed by atoms with Crippen LogP contribution in [0.2, 0.25) is 5.15 Å². The van der Waals surface area contributed by atoms with Crippen molar-refractivity contribution in [1.29, 1.82) is 0 Å². The number of fused-ring (bicyclic) bond motifs is 18. The van der Waals surface area contributed by atoms with Crippen LogP contribution in [0.25, 0.3) is 125 Å². The maximum absolute atomic E-state index is 6.73. The van der Waals surface area contributed by atoms with Gasteiger partial charge in [0.05, 0.1) is 15.7 Å². The number of aromatic nitrogens is 3. The molecule has 0 bridgehead atoms. The second-order valence-electron chi connectivity index (χ2n) is 14.2. The number of hydrogen-bond donors (Lipinski definition) is 0. The molecule has 0 radical (unpaired) electrons. The molecule has 0 atom stereocenters. The quantitative estimate of drug-likeness (QED) is 0.177. The third-order valence-electron chi connectivity index (χ3n) is 11.3. The average molecular weight is 742 g/mol. The van der Waals surface area contributed by atoms with Gasteiger partial charge < -0.3 is 13.4 Å². The summed E-state index contributed by atoms with van der Waals surface area (Å²) in [5, 5.41) is 13.5. The number of halogens is 1. The first kappa shape index (κ1) is 29.7. The van der Waals surface area contributed by atoms with E-state index in [1.807, 2.05) is 47.7 Å². The summed E-state index contributed by atoms with van der Waals surface area (Å²) < 4.78 is 17.6. The Kier molecular flexibility index (Phi) is 5.77. The molecule has 55 heavy (non-hydrogen) atoms. The summed E-state index contributed by atoms with van der Waals surface area (Å²) in [5.41, 5.74) is 8.23. The van der Waals surface area contributed by atoms with Crippen LogP contribution in [0.15, 0.2) is 154 Å². The molecule has 0 aliphatic heterocycles. The van der Waals surface area contributed by atoms with Gasteiger partial charge in [0.25, 0.3) is 0 Å². The average Bonchev–Trinajstić information content (AvgIpc) is 3.98. The second-order valence-corrected chi connectivity index (χ2v) is 15.6. The van der Waals surface area contributed by atoms with E-state index >= 15 is 0 Å². The first-order chi connectivity index (χ1) is 27.2. The van der Waals surface area contributed by atoms with Crippen molar-refractivity contribution < 1.29 is 8.83 Å². The van der Waals surface area contributed by atoms with Crippen LogP contribution in [0.4, 0.5) is 0 Å². The topological polar surface area (TPSA) is 57.0 Å². The Labute approximate surface area is 320 Å². The SMILES string of the molecule is Clc1nc2oc3ccccc3c2nc1-c1ccc2c(c1)oc1cc(-n3c4ccccc4c4c5ccccc5c5c(sc6ccc7ccccc7c65)c43)ccc12. The normalized spacial score (nSPS) is 12.5. The van der Waals surface area contributed by atoms with E-state index in [9.17, 15) is 0 Å². The smallest absolute Gasteiger partial charge is 0.247 e. The molecule has 7 heteroatoms. The maximum atomic E-state index is 6.73. The minimum absolute atomic E-state index is 0.281. The van der Waals surface area contributed by atoms with E-state index in [1.165, 1.54) is 58.0 Å². The molecule has 0 fully saturated rings. The molecule has 0 unspecified atom stereocenters. The van der Waals surface area contributed by atoms with Crippen molar-refractivity contribution >= 4 is 131 Å². The molecule has 0 N–H and O–H groups in total. The molecular formula is C48H24ClN3O2S. The fourth-order valence-electron chi connectivity index (χ4n) is 8.95. The molecule has 0 spiro atoms. The van der Waals surface area contributed by atoms with Gasteiger partial charge in [-0.25, -0.2) is 4.98 Å². The minimum Gasteiger partial charge on any atom is -0.456 e. The predicted octanol–water partition coefficient (Wildman–Crippen LogP) is 14.4. The summed E-state index contributed by atoms with van der Waals surface area (Å²) in [6.07, 6.45) is 0. The van der Waals surface area contributed by atoms with Gasteiger partial charge in [-0.1, -0.05) is 103 Å². The van der Waals surface area contributed by atoms with Gasteiger partial charge in [-0.05, 0) is 70.1 Å². The number of para-hydroxylation sites is 2. The largest absolute Gasteiger partial charge is 0.456 e. The molecule has 13 rings (SSSR count). The van der Waals surface area contributed by atoms with Gasteiger partial charge in [-0.2, -0.15) is 4.98 Å². The van der Waals surface area contributed by atoms with Gasteiger partial charge in [0, 0.05) is 59.7 Å². The Morgan fingerprint density at radius 2 is 1.24 bits per heavy atom. The highest BCUT2D eigenvalue weighted by Crippen LogP contribution is 2.49.